The van der Waals surface area contributed by atoms with Crippen molar-refractivity contribution in [2.75, 3.05) is 31.1 Å². The standard InChI is InChI=1S/C21H22FN5/c22-18-5-3-16(4-6-18)20-8-7-19(14-17(20)15-23)26-10-12-27(13-11-26)21-2-1-9-24-25-21/h1-6,9,19H,7-8,10-14H2. The number of hydrogen-bond acceptors (Lipinski definition) is 5. The number of halogens is 1. The Balaban J connectivity index is 1.42. The summed E-state index contributed by atoms with van der Waals surface area (Å²) in [6.07, 6.45) is 4.36. The van der Waals surface area contributed by atoms with Crippen LogP contribution in [0.15, 0.2) is 48.2 Å². The van der Waals surface area contributed by atoms with Gasteiger partial charge >= 0.3 is 0 Å². The summed E-state index contributed by atoms with van der Waals surface area (Å²) in [6, 6.07) is 13.2. The molecule has 0 amide bonds. The van der Waals surface area contributed by atoms with Crippen LogP contribution in [0.25, 0.3) is 5.57 Å². The van der Waals surface area contributed by atoms with Crippen molar-refractivity contribution in [2.45, 2.75) is 25.3 Å². The zero-order chi connectivity index (χ0) is 18.6. The van der Waals surface area contributed by atoms with Crippen LogP contribution < -0.4 is 4.90 Å². The summed E-state index contributed by atoms with van der Waals surface area (Å²) in [7, 11) is 0. The molecule has 27 heavy (non-hydrogen) atoms. The molecule has 0 radical (unpaired) electrons. The Kier molecular flexibility index (Phi) is 5.12. The van der Waals surface area contributed by atoms with Crippen LogP contribution in [0.4, 0.5) is 10.2 Å². The van der Waals surface area contributed by atoms with E-state index in [0.29, 0.717) is 6.04 Å². The quantitative estimate of drug-likeness (QED) is 0.838. The molecule has 1 aromatic carbocycles. The van der Waals surface area contributed by atoms with Gasteiger partial charge < -0.3 is 4.90 Å². The predicted molar refractivity (Wildman–Crippen MR) is 102 cm³/mol. The molecular formula is C21H22FN5. The summed E-state index contributed by atoms with van der Waals surface area (Å²) in [6.45, 7) is 3.77. The molecular weight excluding hydrogens is 341 g/mol. The van der Waals surface area contributed by atoms with E-state index in [1.807, 2.05) is 12.1 Å². The highest BCUT2D eigenvalue weighted by atomic mass is 19.1. The molecule has 1 saturated heterocycles. The van der Waals surface area contributed by atoms with Crippen molar-refractivity contribution in [1.82, 2.24) is 15.1 Å². The van der Waals surface area contributed by atoms with Crippen LogP contribution in [0.1, 0.15) is 24.8 Å². The van der Waals surface area contributed by atoms with Gasteiger partial charge in [0.15, 0.2) is 5.82 Å². The van der Waals surface area contributed by atoms with Gasteiger partial charge in [-0.1, -0.05) is 12.1 Å². The molecule has 2 aliphatic rings. The zero-order valence-corrected chi connectivity index (χ0v) is 15.2. The van der Waals surface area contributed by atoms with E-state index in [9.17, 15) is 9.65 Å². The molecule has 5 nitrogen and oxygen atoms in total. The van der Waals surface area contributed by atoms with Crippen molar-refractivity contribution >= 4 is 11.4 Å². The molecule has 1 aliphatic heterocycles. The van der Waals surface area contributed by atoms with Crippen LogP contribution in [0, 0.1) is 17.1 Å². The third-order valence-electron chi connectivity index (χ3n) is 5.57. The lowest BCUT2D eigenvalue weighted by molar-refractivity contribution is 0.173. The van der Waals surface area contributed by atoms with Gasteiger partial charge in [0.25, 0.3) is 0 Å². The SMILES string of the molecule is N#CC1=C(c2ccc(F)cc2)CCC(N2CCN(c3cccnn3)CC2)C1. The largest absolute Gasteiger partial charge is 0.353 e. The zero-order valence-electron chi connectivity index (χ0n) is 15.2. The summed E-state index contributed by atoms with van der Waals surface area (Å²) in [5.41, 5.74) is 2.89. The molecule has 1 atom stereocenters. The first kappa shape index (κ1) is 17.6. The van der Waals surface area contributed by atoms with Gasteiger partial charge in [-0.05, 0) is 54.7 Å². The maximum Gasteiger partial charge on any atom is 0.151 e. The first-order valence-corrected chi connectivity index (χ1v) is 9.39. The molecule has 1 aliphatic carbocycles. The van der Waals surface area contributed by atoms with Crippen molar-refractivity contribution in [3.8, 4) is 6.07 Å². The van der Waals surface area contributed by atoms with Gasteiger partial charge in [0, 0.05) is 44.0 Å². The van der Waals surface area contributed by atoms with Crippen molar-refractivity contribution in [2.24, 2.45) is 0 Å². The smallest absolute Gasteiger partial charge is 0.151 e. The number of benzene rings is 1. The van der Waals surface area contributed by atoms with Crippen molar-refractivity contribution < 1.29 is 4.39 Å². The molecule has 1 unspecified atom stereocenters. The minimum Gasteiger partial charge on any atom is -0.353 e. The number of anilines is 1. The molecule has 0 spiro atoms. The monoisotopic (exact) mass is 363 g/mol. The van der Waals surface area contributed by atoms with E-state index in [1.165, 1.54) is 12.1 Å². The normalized spacial score (nSPS) is 21.2. The summed E-state index contributed by atoms with van der Waals surface area (Å²) in [4.78, 5) is 4.75. The highest BCUT2D eigenvalue weighted by Gasteiger charge is 2.29. The fourth-order valence-corrected chi connectivity index (χ4v) is 4.10. The second kappa shape index (κ2) is 7.85. The van der Waals surface area contributed by atoms with Gasteiger partial charge in [-0.15, -0.1) is 5.10 Å². The molecule has 4 rings (SSSR count). The van der Waals surface area contributed by atoms with E-state index in [1.54, 1.807) is 18.3 Å². The number of rotatable bonds is 3. The Hall–Kier alpha value is -2.78. The lowest BCUT2D eigenvalue weighted by Crippen LogP contribution is -2.51. The van der Waals surface area contributed by atoms with Gasteiger partial charge in [0.05, 0.1) is 6.07 Å². The van der Waals surface area contributed by atoms with E-state index in [0.717, 1.165) is 68.0 Å². The number of piperazine rings is 1. The lowest BCUT2D eigenvalue weighted by atomic mass is 9.84. The van der Waals surface area contributed by atoms with Crippen molar-refractivity contribution in [3.05, 3.63) is 59.5 Å². The Morgan fingerprint density at radius 3 is 2.52 bits per heavy atom. The van der Waals surface area contributed by atoms with E-state index in [4.69, 9.17) is 0 Å². The average Bonchev–Trinajstić information content (AvgIpc) is 2.75. The van der Waals surface area contributed by atoms with Gasteiger partial charge in [-0.2, -0.15) is 10.4 Å². The van der Waals surface area contributed by atoms with Gasteiger partial charge in [0.1, 0.15) is 5.82 Å². The van der Waals surface area contributed by atoms with Crippen LogP contribution in [0.2, 0.25) is 0 Å². The van der Waals surface area contributed by atoms with Gasteiger partial charge in [-0.3, -0.25) is 4.90 Å². The fraction of sp³-hybridized carbons (Fsp3) is 0.381. The van der Waals surface area contributed by atoms with E-state index < -0.39 is 0 Å². The maximum absolute atomic E-state index is 13.2. The van der Waals surface area contributed by atoms with Crippen LogP contribution in [0.3, 0.4) is 0 Å². The van der Waals surface area contributed by atoms with Crippen LogP contribution >= 0.6 is 0 Å². The van der Waals surface area contributed by atoms with Crippen LogP contribution in [-0.4, -0.2) is 47.3 Å². The molecule has 1 fully saturated rings. The highest BCUT2D eigenvalue weighted by molar-refractivity contribution is 5.72. The lowest BCUT2D eigenvalue weighted by Gasteiger charge is -2.41. The second-order valence-electron chi connectivity index (χ2n) is 7.08. The minimum absolute atomic E-state index is 0.243. The molecule has 1 aromatic heterocycles. The summed E-state index contributed by atoms with van der Waals surface area (Å²) < 4.78 is 13.2. The number of aromatic nitrogens is 2. The number of allylic oxidation sites excluding steroid dienone is 1. The summed E-state index contributed by atoms with van der Waals surface area (Å²) in [5, 5.41) is 17.8. The Morgan fingerprint density at radius 2 is 1.85 bits per heavy atom. The fourth-order valence-electron chi connectivity index (χ4n) is 4.10. The summed E-state index contributed by atoms with van der Waals surface area (Å²) in [5.74, 6) is 0.685. The topological polar surface area (TPSA) is 56.1 Å². The van der Waals surface area contributed by atoms with E-state index >= 15 is 0 Å². The maximum atomic E-state index is 13.2. The van der Waals surface area contributed by atoms with Crippen molar-refractivity contribution in [3.63, 3.8) is 0 Å². The Morgan fingerprint density at radius 1 is 1.07 bits per heavy atom. The number of nitriles is 1. The van der Waals surface area contributed by atoms with E-state index in [-0.39, 0.29) is 5.82 Å². The van der Waals surface area contributed by atoms with E-state index in [2.05, 4.69) is 26.1 Å². The minimum atomic E-state index is -0.243. The average molecular weight is 363 g/mol. The molecule has 0 saturated carbocycles. The van der Waals surface area contributed by atoms with Gasteiger partial charge in [-0.25, -0.2) is 4.39 Å². The first-order chi connectivity index (χ1) is 13.2. The predicted octanol–water partition coefficient (Wildman–Crippen LogP) is 3.27. The highest BCUT2D eigenvalue weighted by Crippen LogP contribution is 2.34. The first-order valence-electron chi connectivity index (χ1n) is 9.39. The second-order valence-corrected chi connectivity index (χ2v) is 7.08. The molecule has 2 aromatic rings. The molecule has 2 heterocycles. The van der Waals surface area contributed by atoms with Gasteiger partial charge in [0.2, 0.25) is 0 Å². The molecule has 0 bridgehead atoms. The third kappa shape index (κ3) is 3.83. The number of nitrogens with zero attached hydrogens (tertiary/aromatic N) is 5. The Labute approximate surface area is 158 Å². The molecule has 0 N–H and O–H groups in total. The van der Waals surface area contributed by atoms with Crippen LogP contribution in [0.5, 0.6) is 0 Å². The van der Waals surface area contributed by atoms with Crippen LogP contribution in [-0.2, 0) is 0 Å². The number of hydrogen-bond donors (Lipinski definition) is 0. The molecule has 138 valence electrons. The third-order valence-corrected chi connectivity index (χ3v) is 5.57. The van der Waals surface area contributed by atoms with Crippen molar-refractivity contribution in [1.29, 1.82) is 5.26 Å². The molecule has 6 heteroatoms. The Bertz CT molecular complexity index is 848. The summed E-state index contributed by atoms with van der Waals surface area (Å²) >= 11 is 0.